The number of anilines is 1. The van der Waals surface area contributed by atoms with Gasteiger partial charge in [0.2, 0.25) is 12.7 Å². The molecule has 4 rings (SSSR count). The van der Waals surface area contributed by atoms with Crippen LogP contribution in [-0.2, 0) is 24.2 Å². The van der Waals surface area contributed by atoms with Crippen LogP contribution in [0.1, 0.15) is 47.3 Å². The summed E-state index contributed by atoms with van der Waals surface area (Å²) in [4.78, 5) is 15.9. The normalized spacial score (nSPS) is 14.9. The molecule has 29 heavy (non-hydrogen) atoms. The zero-order chi connectivity index (χ0) is 20.2. The van der Waals surface area contributed by atoms with Crippen LogP contribution in [0.3, 0.4) is 0 Å². The monoisotopic (exact) mass is 411 g/mol. The second kappa shape index (κ2) is 8.85. The van der Waals surface area contributed by atoms with E-state index >= 15 is 0 Å². The Bertz CT molecular complexity index is 948. The fourth-order valence-electron chi connectivity index (χ4n) is 3.86. The van der Waals surface area contributed by atoms with Gasteiger partial charge in [-0.15, -0.1) is 11.3 Å². The van der Waals surface area contributed by atoms with Gasteiger partial charge in [0.05, 0.1) is 5.56 Å². The molecule has 1 N–H and O–H groups in total. The van der Waals surface area contributed by atoms with E-state index in [4.69, 9.17) is 9.47 Å². The number of rotatable bonds is 6. The quantitative estimate of drug-likeness (QED) is 0.725. The molecule has 2 heterocycles. The zero-order valence-electron chi connectivity index (χ0n) is 16.6. The first-order valence-electron chi connectivity index (χ1n) is 10.1. The number of hydrogen-bond acceptors (Lipinski definition) is 6. The minimum Gasteiger partial charge on any atom is -0.454 e. The number of ether oxygens (including phenoxy) is 2. The van der Waals surface area contributed by atoms with Crippen LogP contribution in [0.25, 0.3) is 0 Å². The second-order valence-electron chi connectivity index (χ2n) is 7.60. The highest BCUT2D eigenvalue weighted by Gasteiger charge is 2.21. The molecule has 1 aromatic carbocycles. The molecule has 1 aliphatic carbocycles. The van der Waals surface area contributed by atoms with Crippen LogP contribution in [-0.4, -0.2) is 31.2 Å². The third kappa shape index (κ3) is 4.55. The van der Waals surface area contributed by atoms with E-state index in [0.29, 0.717) is 18.5 Å². The maximum absolute atomic E-state index is 12.5. The summed E-state index contributed by atoms with van der Waals surface area (Å²) >= 11 is 1.58. The number of fused-ring (bicyclic) bond motifs is 2. The van der Waals surface area contributed by atoms with Crippen molar-refractivity contribution in [2.45, 2.75) is 45.1 Å². The molecule has 2 aromatic rings. The minimum absolute atomic E-state index is 0.0459. The number of carbonyl (C=O) groups is 1. The lowest BCUT2D eigenvalue weighted by molar-refractivity contribution is -0.116. The lowest BCUT2D eigenvalue weighted by atomic mass is 10.1. The first-order valence-corrected chi connectivity index (χ1v) is 10.9. The summed E-state index contributed by atoms with van der Waals surface area (Å²) in [5.74, 6) is 1.50. The van der Waals surface area contributed by atoms with Gasteiger partial charge in [-0.2, -0.15) is 5.26 Å². The summed E-state index contributed by atoms with van der Waals surface area (Å²) < 4.78 is 10.8. The summed E-state index contributed by atoms with van der Waals surface area (Å²) in [5.41, 5.74) is 2.95. The first-order chi connectivity index (χ1) is 14.1. The van der Waals surface area contributed by atoms with Gasteiger partial charge in [0.15, 0.2) is 11.5 Å². The van der Waals surface area contributed by atoms with Crippen molar-refractivity contribution in [1.82, 2.24) is 4.90 Å². The van der Waals surface area contributed by atoms with Gasteiger partial charge in [-0.25, -0.2) is 0 Å². The summed E-state index contributed by atoms with van der Waals surface area (Å²) in [7, 11) is 1.99. The molecule has 0 radical (unpaired) electrons. The number of thiophene rings is 1. The molecule has 7 heteroatoms. The standard InChI is InChI=1S/C22H25N3O3S/c1-25(13-15-7-8-18-19(11-15)28-14-27-18)10-9-21(26)24-22-17(12-23)16-5-3-2-4-6-20(16)29-22/h7-8,11H,2-6,9-10,13-14H2,1H3,(H,24,26). The molecule has 1 aliphatic heterocycles. The van der Waals surface area contributed by atoms with Crippen molar-refractivity contribution in [3.63, 3.8) is 0 Å². The lowest BCUT2D eigenvalue weighted by Crippen LogP contribution is -2.24. The molecule has 6 nitrogen and oxygen atoms in total. The van der Waals surface area contributed by atoms with Gasteiger partial charge < -0.3 is 19.7 Å². The smallest absolute Gasteiger partial charge is 0.231 e. The predicted molar refractivity (Wildman–Crippen MR) is 112 cm³/mol. The van der Waals surface area contributed by atoms with E-state index in [1.165, 1.54) is 11.3 Å². The fraction of sp³-hybridized carbons (Fsp3) is 0.455. The van der Waals surface area contributed by atoms with E-state index in [-0.39, 0.29) is 12.7 Å². The fourth-order valence-corrected chi connectivity index (χ4v) is 5.12. The molecule has 0 atom stereocenters. The number of hydrogen-bond donors (Lipinski definition) is 1. The predicted octanol–water partition coefficient (Wildman–Crippen LogP) is 4.08. The molecule has 1 aromatic heterocycles. The van der Waals surface area contributed by atoms with Gasteiger partial charge in [-0.3, -0.25) is 4.79 Å². The molecule has 0 fully saturated rings. The van der Waals surface area contributed by atoms with E-state index < -0.39 is 0 Å². The third-order valence-corrected chi connectivity index (χ3v) is 6.60. The van der Waals surface area contributed by atoms with Crippen LogP contribution in [0.2, 0.25) is 0 Å². The molecule has 0 unspecified atom stereocenters. The highest BCUT2D eigenvalue weighted by molar-refractivity contribution is 7.16. The number of nitriles is 1. The average Bonchev–Trinajstić information content (AvgIpc) is 3.23. The minimum atomic E-state index is -0.0459. The Hall–Kier alpha value is -2.56. The van der Waals surface area contributed by atoms with Crippen molar-refractivity contribution < 1.29 is 14.3 Å². The van der Waals surface area contributed by atoms with Gasteiger partial charge in [0.1, 0.15) is 11.1 Å². The lowest BCUT2D eigenvalue weighted by Gasteiger charge is -2.16. The Morgan fingerprint density at radius 1 is 1.24 bits per heavy atom. The van der Waals surface area contributed by atoms with Gasteiger partial charge >= 0.3 is 0 Å². The highest BCUT2D eigenvalue weighted by Crippen LogP contribution is 2.37. The highest BCUT2D eigenvalue weighted by atomic mass is 32.1. The van der Waals surface area contributed by atoms with Crippen LogP contribution in [0.5, 0.6) is 11.5 Å². The van der Waals surface area contributed by atoms with Crippen LogP contribution in [0.4, 0.5) is 5.00 Å². The Balaban J connectivity index is 1.31. The Kier molecular flexibility index (Phi) is 6.02. The number of nitrogens with one attached hydrogen (secondary N) is 1. The molecule has 0 bridgehead atoms. The Morgan fingerprint density at radius 3 is 2.93 bits per heavy atom. The third-order valence-electron chi connectivity index (χ3n) is 5.40. The van der Waals surface area contributed by atoms with Crippen molar-refractivity contribution in [3.05, 3.63) is 39.8 Å². The van der Waals surface area contributed by atoms with Crippen molar-refractivity contribution in [2.24, 2.45) is 0 Å². The second-order valence-corrected chi connectivity index (χ2v) is 8.71. The van der Waals surface area contributed by atoms with Crippen molar-refractivity contribution in [1.29, 1.82) is 5.26 Å². The topological polar surface area (TPSA) is 74.6 Å². The van der Waals surface area contributed by atoms with Crippen molar-refractivity contribution in [2.75, 3.05) is 25.7 Å². The number of amides is 1. The summed E-state index contributed by atoms with van der Waals surface area (Å²) in [6.07, 6.45) is 5.84. The molecule has 2 aliphatic rings. The summed E-state index contributed by atoms with van der Waals surface area (Å²) in [6.45, 7) is 1.62. The number of carbonyl (C=O) groups excluding carboxylic acids is 1. The van der Waals surface area contributed by atoms with Gasteiger partial charge in [0.25, 0.3) is 0 Å². The largest absolute Gasteiger partial charge is 0.454 e. The Morgan fingerprint density at radius 2 is 2.07 bits per heavy atom. The molecule has 1 amide bonds. The number of nitrogens with zero attached hydrogens (tertiary/aromatic N) is 2. The Labute approximate surface area is 175 Å². The molecular formula is C22H25N3O3S. The van der Waals surface area contributed by atoms with Gasteiger partial charge in [-0.05, 0) is 56.0 Å². The maximum atomic E-state index is 12.5. The number of benzene rings is 1. The zero-order valence-corrected chi connectivity index (χ0v) is 17.4. The molecule has 152 valence electrons. The maximum Gasteiger partial charge on any atom is 0.231 e. The van der Waals surface area contributed by atoms with Crippen LogP contribution in [0.15, 0.2) is 18.2 Å². The molecule has 0 spiro atoms. The van der Waals surface area contributed by atoms with E-state index in [0.717, 1.165) is 59.9 Å². The van der Waals surface area contributed by atoms with Gasteiger partial charge in [0, 0.05) is 24.4 Å². The van der Waals surface area contributed by atoms with Crippen LogP contribution < -0.4 is 14.8 Å². The van der Waals surface area contributed by atoms with Crippen molar-refractivity contribution >= 4 is 22.2 Å². The van der Waals surface area contributed by atoms with Gasteiger partial charge in [-0.1, -0.05) is 12.5 Å². The number of aryl methyl sites for hydroxylation is 1. The van der Waals surface area contributed by atoms with E-state index in [1.54, 1.807) is 11.3 Å². The first kappa shape index (κ1) is 19.7. The summed E-state index contributed by atoms with van der Waals surface area (Å²) in [5, 5.41) is 13.3. The SMILES string of the molecule is CN(CCC(=O)Nc1sc2c(c1C#N)CCCCC2)Cc1ccc2c(c1)OCO2. The molecule has 0 saturated carbocycles. The van der Waals surface area contributed by atoms with Crippen LogP contribution in [0, 0.1) is 11.3 Å². The average molecular weight is 412 g/mol. The molecular weight excluding hydrogens is 386 g/mol. The van der Waals surface area contributed by atoms with Crippen LogP contribution >= 0.6 is 11.3 Å². The van der Waals surface area contributed by atoms with E-state index in [2.05, 4.69) is 16.3 Å². The van der Waals surface area contributed by atoms with E-state index in [9.17, 15) is 10.1 Å². The van der Waals surface area contributed by atoms with E-state index in [1.807, 2.05) is 25.2 Å². The molecule has 0 saturated heterocycles. The summed E-state index contributed by atoms with van der Waals surface area (Å²) in [6, 6.07) is 8.24. The van der Waals surface area contributed by atoms with Crippen molar-refractivity contribution in [3.8, 4) is 17.6 Å².